The van der Waals surface area contributed by atoms with Crippen molar-refractivity contribution < 1.29 is 4.79 Å². The minimum absolute atomic E-state index is 0.153. The van der Waals surface area contributed by atoms with Crippen molar-refractivity contribution in [2.24, 2.45) is 5.73 Å². The lowest BCUT2D eigenvalue weighted by Crippen LogP contribution is -2.41. The molecule has 2 heterocycles. The molecule has 2 rings (SSSR count). The highest BCUT2D eigenvalue weighted by Gasteiger charge is 2.35. The summed E-state index contributed by atoms with van der Waals surface area (Å²) in [6.07, 6.45) is 1.94. The van der Waals surface area contributed by atoms with Crippen LogP contribution in [0.3, 0.4) is 0 Å². The van der Waals surface area contributed by atoms with E-state index in [0.717, 1.165) is 32.5 Å². The van der Waals surface area contributed by atoms with Gasteiger partial charge in [-0.2, -0.15) is 0 Å². The molecule has 1 amide bonds. The van der Waals surface area contributed by atoms with Gasteiger partial charge in [0.1, 0.15) is 0 Å². The molecule has 0 aromatic carbocycles. The molecule has 4 heteroatoms. The van der Waals surface area contributed by atoms with Crippen LogP contribution in [0.25, 0.3) is 0 Å². The summed E-state index contributed by atoms with van der Waals surface area (Å²) in [5.41, 5.74) is 5.67. The van der Waals surface area contributed by atoms with Gasteiger partial charge in [-0.05, 0) is 26.4 Å². The number of hydrogen-bond donors (Lipinski definition) is 1. The van der Waals surface area contributed by atoms with Crippen molar-refractivity contribution >= 4 is 5.91 Å². The molecular weight excluding hydrogens is 166 g/mol. The van der Waals surface area contributed by atoms with Gasteiger partial charge in [0.25, 0.3) is 0 Å². The van der Waals surface area contributed by atoms with Crippen LogP contribution in [0.1, 0.15) is 12.8 Å². The first kappa shape index (κ1) is 8.97. The lowest BCUT2D eigenvalue weighted by molar-refractivity contribution is -0.130. The first-order valence-corrected chi connectivity index (χ1v) is 4.93. The van der Waals surface area contributed by atoms with Gasteiger partial charge in [-0.25, -0.2) is 0 Å². The molecule has 0 aromatic heterocycles. The Labute approximate surface area is 78.7 Å². The first-order chi connectivity index (χ1) is 6.18. The van der Waals surface area contributed by atoms with E-state index in [1.54, 1.807) is 0 Å². The van der Waals surface area contributed by atoms with Gasteiger partial charge in [-0.15, -0.1) is 0 Å². The van der Waals surface area contributed by atoms with Crippen molar-refractivity contribution in [2.75, 3.05) is 26.7 Å². The molecule has 74 valence electrons. The fourth-order valence-electron chi connectivity index (χ4n) is 2.25. The minimum Gasteiger partial charge on any atom is -0.337 e. The van der Waals surface area contributed by atoms with Gasteiger partial charge in [-0.1, -0.05) is 0 Å². The molecule has 2 aliphatic heterocycles. The number of nitrogens with zero attached hydrogens (tertiary/aromatic N) is 2. The van der Waals surface area contributed by atoms with Crippen molar-refractivity contribution in [1.82, 2.24) is 9.80 Å². The summed E-state index contributed by atoms with van der Waals surface area (Å²) in [4.78, 5) is 15.8. The molecular formula is C9H17N3O. The molecule has 0 bridgehead atoms. The summed E-state index contributed by atoms with van der Waals surface area (Å²) in [5, 5.41) is 0. The van der Waals surface area contributed by atoms with E-state index in [-0.39, 0.29) is 11.9 Å². The number of amides is 1. The number of carbonyl (C=O) groups is 1. The van der Waals surface area contributed by atoms with Crippen molar-refractivity contribution in [2.45, 2.75) is 24.9 Å². The lowest BCUT2D eigenvalue weighted by Gasteiger charge is -2.23. The summed E-state index contributed by atoms with van der Waals surface area (Å²) in [6, 6.07) is 0.192. The van der Waals surface area contributed by atoms with Gasteiger partial charge >= 0.3 is 0 Å². The summed E-state index contributed by atoms with van der Waals surface area (Å²) < 4.78 is 0. The zero-order chi connectivity index (χ0) is 9.42. The quantitative estimate of drug-likeness (QED) is 0.582. The van der Waals surface area contributed by atoms with E-state index in [2.05, 4.69) is 11.9 Å². The molecule has 13 heavy (non-hydrogen) atoms. The number of likely N-dealkylation sites (N-methyl/N-ethyl adjacent to an activating group) is 1. The Balaban J connectivity index is 1.98. The zero-order valence-corrected chi connectivity index (χ0v) is 8.07. The Morgan fingerprint density at radius 2 is 2.15 bits per heavy atom. The van der Waals surface area contributed by atoms with Gasteiger partial charge in [0.2, 0.25) is 5.91 Å². The van der Waals surface area contributed by atoms with Gasteiger partial charge < -0.3 is 15.5 Å². The van der Waals surface area contributed by atoms with Crippen LogP contribution in [0.2, 0.25) is 0 Å². The maximum Gasteiger partial charge on any atom is 0.239 e. The summed E-state index contributed by atoms with van der Waals surface area (Å²) in [5.74, 6) is 0.153. The molecule has 2 N–H and O–H groups in total. The van der Waals surface area contributed by atoms with E-state index in [4.69, 9.17) is 5.73 Å². The van der Waals surface area contributed by atoms with E-state index in [1.165, 1.54) is 0 Å². The van der Waals surface area contributed by atoms with Crippen molar-refractivity contribution in [3.63, 3.8) is 0 Å². The van der Waals surface area contributed by atoms with E-state index in [1.807, 2.05) is 4.90 Å². The minimum atomic E-state index is -0.231. The molecule has 0 radical (unpaired) electrons. The van der Waals surface area contributed by atoms with E-state index >= 15 is 0 Å². The predicted molar refractivity (Wildman–Crippen MR) is 50.2 cm³/mol. The van der Waals surface area contributed by atoms with Gasteiger partial charge in [0.15, 0.2) is 0 Å². The third-order valence-electron chi connectivity index (χ3n) is 3.09. The Bertz CT molecular complexity index is 219. The van der Waals surface area contributed by atoms with Crippen molar-refractivity contribution in [3.05, 3.63) is 0 Å². The number of likely N-dealkylation sites (tertiary alicyclic amines) is 2. The number of rotatable bonds is 1. The molecule has 0 aliphatic carbocycles. The second-order valence-corrected chi connectivity index (χ2v) is 4.13. The SMILES string of the molecule is CN1CCC(N2CCC(N)C2=O)C1. The molecule has 0 spiro atoms. The maximum atomic E-state index is 11.6. The Kier molecular flexibility index (Phi) is 2.26. The fraction of sp³-hybridized carbons (Fsp3) is 0.889. The van der Waals surface area contributed by atoms with Crippen LogP contribution in [-0.4, -0.2) is 54.5 Å². The topological polar surface area (TPSA) is 49.6 Å². The first-order valence-electron chi connectivity index (χ1n) is 4.93. The standard InChI is InChI=1S/C9H17N3O/c1-11-4-2-7(6-11)12-5-3-8(10)9(12)13/h7-8H,2-6,10H2,1H3. The summed E-state index contributed by atoms with van der Waals surface area (Å²) >= 11 is 0. The van der Waals surface area contributed by atoms with Gasteiger partial charge in [0.05, 0.1) is 6.04 Å². The van der Waals surface area contributed by atoms with Crippen LogP contribution in [0, 0.1) is 0 Å². The monoisotopic (exact) mass is 183 g/mol. The highest BCUT2D eigenvalue weighted by molar-refractivity contribution is 5.84. The van der Waals surface area contributed by atoms with Crippen LogP contribution in [0.5, 0.6) is 0 Å². The highest BCUT2D eigenvalue weighted by atomic mass is 16.2. The van der Waals surface area contributed by atoms with Crippen LogP contribution in [0.15, 0.2) is 0 Å². The molecule has 2 unspecified atom stereocenters. The lowest BCUT2D eigenvalue weighted by atomic mass is 10.2. The van der Waals surface area contributed by atoms with E-state index in [0.29, 0.717) is 6.04 Å². The summed E-state index contributed by atoms with van der Waals surface area (Å²) in [7, 11) is 2.10. The second kappa shape index (κ2) is 3.27. The fourth-order valence-corrected chi connectivity index (χ4v) is 2.25. The highest BCUT2D eigenvalue weighted by Crippen LogP contribution is 2.19. The predicted octanol–water partition coefficient (Wildman–Crippen LogP) is -0.750. The second-order valence-electron chi connectivity index (χ2n) is 4.13. The van der Waals surface area contributed by atoms with Crippen LogP contribution in [0.4, 0.5) is 0 Å². The number of hydrogen-bond acceptors (Lipinski definition) is 3. The molecule has 2 atom stereocenters. The van der Waals surface area contributed by atoms with E-state index in [9.17, 15) is 4.79 Å². The molecule has 4 nitrogen and oxygen atoms in total. The normalized spacial score (nSPS) is 36.2. The maximum absolute atomic E-state index is 11.6. The van der Waals surface area contributed by atoms with Gasteiger partial charge in [0, 0.05) is 19.1 Å². The molecule has 2 fully saturated rings. The molecule has 0 aromatic rings. The Morgan fingerprint density at radius 1 is 1.38 bits per heavy atom. The molecule has 2 saturated heterocycles. The van der Waals surface area contributed by atoms with Crippen molar-refractivity contribution in [1.29, 1.82) is 0 Å². The molecule has 2 aliphatic rings. The van der Waals surface area contributed by atoms with Crippen molar-refractivity contribution in [3.8, 4) is 0 Å². The zero-order valence-electron chi connectivity index (χ0n) is 8.07. The smallest absolute Gasteiger partial charge is 0.239 e. The third-order valence-corrected chi connectivity index (χ3v) is 3.09. The van der Waals surface area contributed by atoms with Crippen LogP contribution in [-0.2, 0) is 4.79 Å². The third kappa shape index (κ3) is 1.56. The average Bonchev–Trinajstić information content (AvgIpc) is 2.62. The number of carbonyl (C=O) groups excluding carboxylic acids is 1. The largest absolute Gasteiger partial charge is 0.337 e. The molecule has 0 saturated carbocycles. The Morgan fingerprint density at radius 3 is 2.62 bits per heavy atom. The van der Waals surface area contributed by atoms with E-state index < -0.39 is 0 Å². The Hall–Kier alpha value is -0.610. The van der Waals surface area contributed by atoms with Crippen LogP contribution < -0.4 is 5.73 Å². The van der Waals surface area contributed by atoms with Gasteiger partial charge in [-0.3, -0.25) is 4.79 Å². The average molecular weight is 183 g/mol. The summed E-state index contributed by atoms with van der Waals surface area (Å²) in [6.45, 7) is 2.97. The van der Waals surface area contributed by atoms with Crippen LogP contribution >= 0.6 is 0 Å². The number of nitrogens with two attached hydrogens (primary N) is 1.